The standard InChI is InChI=1S/C26H40N8O.2ClH/c1-17(2)15-22(35)33-13-11-20(12-14-33)29-24-23-25(34(16-28-23)21-5-3-4-6-21)32-26(31-24)30-19-9-7-18(27)8-10-19;;/h15-16,18-21H,3-14,27H2,1-2H3,(H2,29,30,31,32);2*1H/t18-,19-;;. The number of rotatable bonds is 6. The van der Waals surface area contributed by atoms with Crippen LogP contribution in [0.1, 0.15) is 84.1 Å². The SMILES string of the molecule is CC(C)=CC(=O)N1CCC(Nc2nc(N[C@H]3CC[C@H](N)CC3)nc3c2ncn3C2CCCC2)CC1.Cl.Cl. The van der Waals surface area contributed by atoms with Gasteiger partial charge in [0, 0.05) is 43.3 Å². The summed E-state index contributed by atoms with van der Waals surface area (Å²) in [4.78, 5) is 29.0. The second-order valence-corrected chi connectivity index (χ2v) is 10.9. The van der Waals surface area contributed by atoms with Gasteiger partial charge in [-0.2, -0.15) is 9.97 Å². The summed E-state index contributed by atoms with van der Waals surface area (Å²) >= 11 is 0. The van der Waals surface area contributed by atoms with Crippen LogP contribution in [-0.2, 0) is 4.79 Å². The van der Waals surface area contributed by atoms with Gasteiger partial charge in [0.25, 0.3) is 0 Å². The number of halogens is 2. The lowest BCUT2D eigenvalue weighted by atomic mass is 9.92. The van der Waals surface area contributed by atoms with E-state index in [1.54, 1.807) is 6.08 Å². The minimum atomic E-state index is 0. The smallest absolute Gasteiger partial charge is 0.246 e. The molecular weight excluding hydrogens is 511 g/mol. The first-order valence-electron chi connectivity index (χ1n) is 13.4. The largest absolute Gasteiger partial charge is 0.365 e. The molecule has 0 bridgehead atoms. The van der Waals surface area contributed by atoms with Gasteiger partial charge in [-0.05, 0) is 65.2 Å². The molecule has 4 N–H and O–H groups in total. The Morgan fingerprint density at radius 2 is 1.59 bits per heavy atom. The topological polar surface area (TPSA) is 114 Å². The van der Waals surface area contributed by atoms with Crippen LogP contribution >= 0.6 is 24.8 Å². The summed E-state index contributed by atoms with van der Waals surface area (Å²) in [5.41, 5.74) is 8.91. The molecule has 0 atom stereocenters. The van der Waals surface area contributed by atoms with Gasteiger partial charge in [0.15, 0.2) is 17.0 Å². The number of nitrogens with one attached hydrogen (secondary N) is 2. The number of carbonyl (C=O) groups is 1. The molecule has 0 unspecified atom stereocenters. The highest BCUT2D eigenvalue weighted by molar-refractivity contribution is 5.88. The number of anilines is 2. The van der Waals surface area contributed by atoms with Crippen molar-refractivity contribution in [2.24, 2.45) is 5.73 Å². The number of aromatic nitrogens is 4. The Morgan fingerprint density at radius 1 is 0.946 bits per heavy atom. The van der Waals surface area contributed by atoms with Gasteiger partial charge in [-0.25, -0.2) is 4.98 Å². The number of likely N-dealkylation sites (tertiary alicyclic amines) is 1. The summed E-state index contributed by atoms with van der Waals surface area (Å²) in [5, 5.41) is 7.27. The third-order valence-electron chi connectivity index (χ3n) is 7.80. The molecular formula is C26H42Cl2N8O. The number of imidazole rings is 1. The molecule has 9 nitrogen and oxygen atoms in total. The van der Waals surface area contributed by atoms with Crippen molar-refractivity contribution in [2.45, 2.75) is 102 Å². The second kappa shape index (κ2) is 13.1. The van der Waals surface area contributed by atoms with Crippen LogP contribution in [0.4, 0.5) is 11.8 Å². The number of nitrogens with two attached hydrogens (primary N) is 1. The molecule has 1 amide bonds. The number of hydrogen-bond acceptors (Lipinski definition) is 7. The lowest BCUT2D eigenvalue weighted by Gasteiger charge is -2.32. The van der Waals surface area contributed by atoms with Gasteiger partial charge < -0.3 is 25.8 Å². The lowest BCUT2D eigenvalue weighted by Crippen LogP contribution is -2.42. The fraction of sp³-hybridized carbons (Fsp3) is 0.692. The van der Waals surface area contributed by atoms with Crippen LogP contribution in [0, 0.1) is 0 Å². The summed E-state index contributed by atoms with van der Waals surface area (Å²) in [5.74, 6) is 1.59. The van der Waals surface area contributed by atoms with Crippen LogP contribution in [0.5, 0.6) is 0 Å². The van der Waals surface area contributed by atoms with E-state index in [-0.39, 0.29) is 36.8 Å². The molecule has 2 saturated carbocycles. The Hall–Kier alpha value is -2.10. The van der Waals surface area contributed by atoms with Crippen molar-refractivity contribution < 1.29 is 4.79 Å². The van der Waals surface area contributed by atoms with Gasteiger partial charge in [0.1, 0.15) is 0 Å². The van der Waals surface area contributed by atoms with Crippen LogP contribution in [-0.4, -0.2) is 61.5 Å². The molecule has 206 valence electrons. The molecule has 0 radical (unpaired) electrons. The van der Waals surface area contributed by atoms with Crippen molar-refractivity contribution in [3.05, 3.63) is 18.0 Å². The average Bonchev–Trinajstić information content (AvgIpc) is 3.51. The number of carbonyl (C=O) groups excluding carboxylic acids is 1. The van der Waals surface area contributed by atoms with Crippen LogP contribution < -0.4 is 16.4 Å². The first-order chi connectivity index (χ1) is 17.0. The van der Waals surface area contributed by atoms with Gasteiger partial charge in [-0.1, -0.05) is 18.4 Å². The fourth-order valence-electron chi connectivity index (χ4n) is 5.75. The molecule has 3 fully saturated rings. The number of fused-ring (bicyclic) bond motifs is 1. The van der Waals surface area contributed by atoms with E-state index in [1.165, 1.54) is 25.7 Å². The zero-order valence-corrected chi connectivity index (χ0v) is 23.6. The monoisotopic (exact) mass is 552 g/mol. The van der Waals surface area contributed by atoms with Gasteiger partial charge in [0.2, 0.25) is 11.9 Å². The first kappa shape index (κ1) is 29.5. The molecule has 0 aromatic carbocycles. The second-order valence-electron chi connectivity index (χ2n) is 10.9. The molecule has 0 spiro atoms. The third kappa shape index (κ3) is 7.06. The molecule has 3 heterocycles. The van der Waals surface area contributed by atoms with Crippen LogP contribution in [0.15, 0.2) is 18.0 Å². The number of amides is 1. The van der Waals surface area contributed by atoms with Gasteiger partial charge in [-0.15, -0.1) is 24.8 Å². The molecule has 1 saturated heterocycles. The van der Waals surface area contributed by atoms with Gasteiger partial charge in [0.05, 0.1) is 6.33 Å². The number of nitrogens with zero attached hydrogens (tertiary/aromatic N) is 5. The zero-order chi connectivity index (χ0) is 24.4. The number of piperidine rings is 1. The summed E-state index contributed by atoms with van der Waals surface area (Å²) in [7, 11) is 0. The highest BCUT2D eigenvalue weighted by atomic mass is 35.5. The molecule has 5 rings (SSSR count). The quantitative estimate of drug-likeness (QED) is 0.439. The maximum Gasteiger partial charge on any atom is 0.246 e. The third-order valence-corrected chi connectivity index (χ3v) is 7.80. The van der Waals surface area contributed by atoms with Crippen LogP contribution in [0.3, 0.4) is 0 Å². The number of hydrogen-bond donors (Lipinski definition) is 3. The van der Waals surface area contributed by atoms with Crippen molar-refractivity contribution in [3.8, 4) is 0 Å². The maximum atomic E-state index is 12.4. The normalized spacial score (nSPS) is 22.7. The summed E-state index contributed by atoms with van der Waals surface area (Å²) in [6, 6.07) is 1.38. The Morgan fingerprint density at radius 3 is 2.24 bits per heavy atom. The van der Waals surface area contributed by atoms with E-state index in [4.69, 9.17) is 20.7 Å². The van der Waals surface area contributed by atoms with E-state index in [9.17, 15) is 4.79 Å². The molecule has 2 aromatic rings. The van der Waals surface area contributed by atoms with Crippen LogP contribution in [0.25, 0.3) is 11.2 Å². The summed E-state index contributed by atoms with van der Waals surface area (Å²) < 4.78 is 2.26. The molecule has 3 aliphatic rings. The van der Waals surface area contributed by atoms with E-state index in [1.807, 2.05) is 25.1 Å². The minimum absolute atomic E-state index is 0. The predicted octanol–water partition coefficient (Wildman–Crippen LogP) is 4.84. The maximum absolute atomic E-state index is 12.4. The molecule has 1 aliphatic heterocycles. The van der Waals surface area contributed by atoms with Crippen molar-refractivity contribution in [3.63, 3.8) is 0 Å². The van der Waals surface area contributed by atoms with Gasteiger partial charge in [-0.3, -0.25) is 4.79 Å². The highest BCUT2D eigenvalue weighted by Crippen LogP contribution is 2.34. The summed E-state index contributed by atoms with van der Waals surface area (Å²) in [6.07, 6.45) is 14.5. The van der Waals surface area contributed by atoms with Crippen molar-refractivity contribution in [2.75, 3.05) is 23.7 Å². The van der Waals surface area contributed by atoms with E-state index in [2.05, 4.69) is 15.2 Å². The van der Waals surface area contributed by atoms with E-state index >= 15 is 0 Å². The zero-order valence-electron chi connectivity index (χ0n) is 22.0. The lowest BCUT2D eigenvalue weighted by molar-refractivity contribution is -0.127. The Balaban J connectivity index is 0.00000190. The Bertz CT molecular complexity index is 1060. The van der Waals surface area contributed by atoms with Crippen molar-refractivity contribution in [1.82, 2.24) is 24.4 Å². The highest BCUT2D eigenvalue weighted by Gasteiger charge is 2.26. The summed E-state index contributed by atoms with van der Waals surface area (Å²) in [6.45, 7) is 5.42. The van der Waals surface area contributed by atoms with E-state index in [0.29, 0.717) is 24.1 Å². The predicted molar refractivity (Wildman–Crippen MR) is 154 cm³/mol. The Kier molecular flexibility index (Phi) is 10.4. The molecule has 2 aromatic heterocycles. The number of allylic oxidation sites excluding steroid dienone is 1. The molecule has 37 heavy (non-hydrogen) atoms. The minimum Gasteiger partial charge on any atom is -0.365 e. The fourth-order valence-corrected chi connectivity index (χ4v) is 5.75. The average molecular weight is 554 g/mol. The first-order valence-corrected chi connectivity index (χ1v) is 13.4. The Labute approximate surface area is 232 Å². The van der Waals surface area contributed by atoms with Gasteiger partial charge >= 0.3 is 0 Å². The van der Waals surface area contributed by atoms with Crippen LogP contribution in [0.2, 0.25) is 0 Å². The van der Waals surface area contributed by atoms with E-state index in [0.717, 1.165) is 74.2 Å². The van der Waals surface area contributed by atoms with E-state index < -0.39 is 0 Å². The van der Waals surface area contributed by atoms with Crippen molar-refractivity contribution >= 4 is 53.7 Å². The molecule has 2 aliphatic carbocycles. The van der Waals surface area contributed by atoms with Crippen molar-refractivity contribution in [1.29, 1.82) is 0 Å². The molecule has 11 heteroatoms.